The quantitative estimate of drug-likeness (QED) is 0.555. The minimum Gasteiger partial charge on any atom is -0.336 e. The Morgan fingerprint density at radius 3 is 2.32 bits per heavy atom. The molecule has 174 valence electrons. The van der Waals surface area contributed by atoms with Crippen LogP contribution in [0.1, 0.15) is 52.2 Å². The van der Waals surface area contributed by atoms with Crippen LogP contribution in [0.5, 0.6) is 0 Å². The fraction of sp³-hybridized carbons (Fsp3) is 0.308. The lowest BCUT2D eigenvalue weighted by molar-refractivity contribution is -0.137. The van der Waals surface area contributed by atoms with Crippen LogP contribution in [-0.4, -0.2) is 50.3 Å². The molecule has 0 saturated heterocycles. The zero-order chi connectivity index (χ0) is 24.0. The predicted molar refractivity (Wildman–Crippen MR) is 128 cm³/mol. The second-order valence-corrected chi connectivity index (χ2v) is 9.65. The predicted octanol–water partition coefficient (Wildman–Crippen LogP) is 4.33. The Hall–Kier alpha value is -3.45. The van der Waals surface area contributed by atoms with E-state index in [1.54, 1.807) is 29.2 Å². The van der Waals surface area contributed by atoms with Gasteiger partial charge in [0.25, 0.3) is 11.8 Å². The third-order valence-corrected chi connectivity index (χ3v) is 6.73. The van der Waals surface area contributed by atoms with E-state index in [4.69, 9.17) is 11.6 Å². The van der Waals surface area contributed by atoms with Crippen LogP contribution in [0.15, 0.2) is 48.5 Å². The minimum absolute atomic E-state index is 0.122. The molecule has 3 aromatic rings. The van der Waals surface area contributed by atoms with Crippen molar-refractivity contribution in [3.8, 4) is 11.3 Å². The SMILES string of the molecule is CC(C)CC(C(=O)N1CCc2[nH]nc(-c3ccc(Cl)cc3)c2C1)N1C(=O)c2ccccc2C1=O. The number of hydrogen-bond donors (Lipinski definition) is 1. The van der Waals surface area contributed by atoms with Crippen molar-refractivity contribution < 1.29 is 14.4 Å². The van der Waals surface area contributed by atoms with E-state index in [9.17, 15) is 14.4 Å². The first-order valence-electron chi connectivity index (χ1n) is 11.4. The number of nitrogens with one attached hydrogen (secondary N) is 1. The number of imide groups is 1. The molecule has 0 fully saturated rings. The molecular formula is C26H25ClN4O3. The fourth-order valence-corrected chi connectivity index (χ4v) is 4.92. The highest BCUT2D eigenvalue weighted by Gasteiger charge is 2.44. The largest absolute Gasteiger partial charge is 0.336 e. The first-order chi connectivity index (χ1) is 16.3. The van der Waals surface area contributed by atoms with Crippen LogP contribution in [-0.2, 0) is 17.8 Å². The number of rotatable bonds is 5. The summed E-state index contributed by atoms with van der Waals surface area (Å²) >= 11 is 6.04. The van der Waals surface area contributed by atoms with Crippen molar-refractivity contribution in [3.05, 3.63) is 75.9 Å². The summed E-state index contributed by atoms with van der Waals surface area (Å²) in [4.78, 5) is 43.0. The Morgan fingerprint density at radius 1 is 1.06 bits per heavy atom. The number of fused-ring (bicyclic) bond motifs is 2. The Labute approximate surface area is 202 Å². The van der Waals surface area contributed by atoms with Crippen LogP contribution in [0.2, 0.25) is 5.02 Å². The van der Waals surface area contributed by atoms with Gasteiger partial charge in [0.2, 0.25) is 5.91 Å². The van der Waals surface area contributed by atoms with E-state index in [1.807, 2.05) is 38.1 Å². The van der Waals surface area contributed by atoms with Gasteiger partial charge in [-0.25, -0.2) is 0 Å². The van der Waals surface area contributed by atoms with Crippen molar-refractivity contribution in [2.75, 3.05) is 6.54 Å². The second kappa shape index (κ2) is 8.72. The van der Waals surface area contributed by atoms with E-state index >= 15 is 0 Å². The van der Waals surface area contributed by atoms with Gasteiger partial charge in [0.05, 0.1) is 16.8 Å². The first-order valence-corrected chi connectivity index (χ1v) is 11.8. The van der Waals surface area contributed by atoms with Crippen LogP contribution in [0.4, 0.5) is 0 Å². The minimum atomic E-state index is -0.847. The van der Waals surface area contributed by atoms with Crippen molar-refractivity contribution in [2.24, 2.45) is 5.92 Å². The Bertz CT molecular complexity index is 1250. The smallest absolute Gasteiger partial charge is 0.262 e. The van der Waals surface area contributed by atoms with Gasteiger partial charge >= 0.3 is 0 Å². The summed E-state index contributed by atoms with van der Waals surface area (Å²) in [7, 11) is 0. The molecule has 8 heteroatoms. The van der Waals surface area contributed by atoms with E-state index in [-0.39, 0.29) is 11.8 Å². The van der Waals surface area contributed by atoms with Crippen LogP contribution < -0.4 is 0 Å². The molecule has 0 spiro atoms. The number of H-pyrrole nitrogens is 1. The molecule has 3 heterocycles. The average Bonchev–Trinajstić information content (AvgIpc) is 3.36. The van der Waals surface area contributed by atoms with Crippen LogP contribution >= 0.6 is 11.6 Å². The highest BCUT2D eigenvalue weighted by atomic mass is 35.5. The Morgan fingerprint density at radius 2 is 1.71 bits per heavy atom. The highest BCUT2D eigenvalue weighted by Crippen LogP contribution is 2.32. The summed E-state index contributed by atoms with van der Waals surface area (Å²) in [5, 5.41) is 8.23. The molecule has 2 aliphatic rings. The molecule has 5 rings (SSSR count). The van der Waals surface area contributed by atoms with Gasteiger partial charge in [-0.05, 0) is 36.6 Å². The average molecular weight is 477 g/mol. The van der Waals surface area contributed by atoms with Crippen molar-refractivity contribution in [2.45, 2.75) is 39.3 Å². The lowest BCUT2D eigenvalue weighted by atomic mass is 9.97. The van der Waals surface area contributed by atoms with Gasteiger partial charge in [0.1, 0.15) is 6.04 Å². The highest BCUT2D eigenvalue weighted by molar-refractivity contribution is 6.30. The zero-order valence-electron chi connectivity index (χ0n) is 19.0. The topological polar surface area (TPSA) is 86.4 Å². The number of nitrogens with zero attached hydrogens (tertiary/aromatic N) is 3. The zero-order valence-corrected chi connectivity index (χ0v) is 19.8. The normalized spacial score (nSPS) is 16.1. The number of halogens is 1. The van der Waals surface area contributed by atoms with Crippen LogP contribution in [0, 0.1) is 5.92 Å². The van der Waals surface area contributed by atoms with E-state index < -0.39 is 17.9 Å². The van der Waals surface area contributed by atoms with E-state index in [1.165, 1.54) is 0 Å². The summed E-state index contributed by atoms with van der Waals surface area (Å²) in [6.45, 7) is 4.83. The van der Waals surface area contributed by atoms with Crippen molar-refractivity contribution in [1.82, 2.24) is 20.0 Å². The lowest BCUT2D eigenvalue weighted by Crippen LogP contribution is -2.52. The van der Waals surface area contributed by atoms with Crippen molar-refractivity contribution in [1.29, 1.82) is 0 Å². The van der Waals surface area contributed by atoms with E-state index in [0.717, 1.165) is 27.4 Å². The molecule has 1 N–H and O–H groups in total. The van der Waals surface area contributed by atoms with Gasteiger partial charge in [-0.3, -0.25) is 24.4 Å². The molecule has 0 radical (unpaired) electrons. The maximum atomic E-state index is 13.8. The first kappa shape index (κ1) is 22.3. The lowest BCUT2D eigenvalue weighted by Gasteiger charge is -2.34. The molecule has 7 nitrogen and oxygen atoms in total. The Kier molecular flexibility index (Phi) is 5.73. The van der Waals surface area contributed by atoms with Crippen LogP contribution in [0.3, 0.4) is 0 Å². The van der Waals surface area contributed by atoms with Crippen molar-refractivity contribution in [3.63, 3.8) is 0 Å². The standard InChI is InChI=1S/C26H25ClN4O3/c1-15(2)13-22(31-24(32)18-5-3-4-6-19(18)25(31)33)26(34)30-12-11-21-20(14-30)23(29-28-21)16-7-9-17(27)10-8-16/h3-10,15,22H,11-14H2,1-2H3,(H,28,29). The second-order valence-electron chi connectivity index (χ2n) is 9.22. The number of hydrogen-bond acceptors (Lipinski definition) is 4. The van der Waals surface area contributed by atoms with Gasteiger partial charge in [0, 0.05) is 41.4 Å². The third-order valence-electron chi connectivity index (χ3n) is 6.48. The monoisotopic (exact) mass is 476 g/mol. The number of benzene rings is 2. The maximum absolute atomic E-state index is 13.8. The number of aromatic nitrogens is 2. The van der Waals surface area contributed by atoms with E-state index in [0.29, 0.717) is 42.1 Å². The molecular weight excluding hydrogens is 452 g/mol. The van der Waals surface area contributed by atoms with Gasteiger partial charge in [0.15, 0.2) is 0 Å². The molecule has 1 unspecified atom stereocenters. The third kappa shape index (κ3) is 3.80. The molecule has 0 saturated carbocycles. The number of carbonyl (C=O) groups excluding carboxylic acids is 3. The summed E-state index contributed by atoms with van der Waals surface area (Å²) in [6.07, 6.45) is 1.03. The summed E-state index contributed by atoms with van der Waals surface area (Å²) in [5.41, 5.74) is 4.35. The molecule has 2 aromatic carbocycles. The van der Waals surface area contributed by atoms with Gasteiger partial charge < -0.3 is 4.90 Å². The maximum Gasteiger partial charge on any atom is 0.262 e. The summed E-state index contributed by atoms with van der Waals surface area (Å²) in [5.74, 6) is -0.890. The van der Waals surface area contributed by atoms with Gasteiger partial charge in [-0.1, -0.05) is 49.7 Å². The van der Waals surface area contributed by atoms with Gasteiger partial charge in [-0.2, -0.15) is 5.10 Å². The molecule has 0 aliphatic carbocycles. The number of amides is 3. The molecule has 3 amide bonds. The molecule has 0 bridgehead atoms. The number of carbonyl (C=O) groups is 3. The summed E-state index contributed by atoms with van der Waals surface area (Å²) in [6, 6.07) is 13.3. The molecule has 1 aromatic heterocycles. The number of aromatic amines is 1. The molecule has 2 aliphatic heterocycles. The van der Waals surface area contributed by atoms with Gasteiger partial charge in [-0.15, -0.1) is 0 Å². The summed E-state index contributed by atoms with van der Waals surface area (Å²) < 4.78 is 0. The van der Waals surface area contributed by atoms with Crippen LogP contribution in [0.25, 0.3) is 11.3 Å². The van der Waals surface area contributed by atoms with E-state index in [2.05, 4.69) is 10.2 Å². The molecule has 1 atom stereocenters. The molecule has 34 heavy (non-hydrogen) atoms. The van der Waals surface area contributed by atoms with Crippen molar-refractivity contribution >= 4 is 29.3 Å². The Balaban J connectivity index is 1.44. The fourth-order valence-electron chi connectivity index (χ4n) is 4.79.